The Balaban J connectivity index is 1.25. The third kappa shape index (κ3) is 5.35. The predicted molar refractivity (Wildman–Crippen MR) is 158 cm³/mol. The van der Waals surface area contributed by atoms with E-state index in [4.69, 9.17) is 9.57 Å². The lowest BCUT2D eigenvalue weighted by Gasteiger charge is -2.45. The van der Waals surface area contributed by atoms with Gasteiger partial charge in [0.15, 0.2) is 16.9 Å². The van der Waals surface area contributed by atoms with Gasteiger partial charge < -0.3 is 24.4 Å². The van der Waals surface area contributed by atoms with Gasteiger partial charge in [-0.15, -0.1) is 5.10 Å². The van der Waals surface area contributed by atoms with Crippen LogP contribution in [0.15, 0.2) is 77.1 Å². The monoisotopic (exact) mass is 647 g/mol. The SMILES string of the molecule is CC1(OCc2ccccc2)CCC2(CC(n3ccnn3)=NO2)C2CN1C(=O)c1cc(=O)c(C(=O)NCc3c(F)cc(F)cc3F)cn12. The van der Waals surface area contributed by atoms with Crippen molar-refractivity contribution in [1.82, 2.24) is 29.8 Å². The number of nitrogens with one attached hydrogen (secondary N) is 1. The van der Waals surface area contributed by atoms with E-state index in [0.717, 1.165) is 11.6 Å². The Kier molecular flexibility index (Phi) is 7.42. The molecule has 3 unspecified atom stereocenters. The van der Waals surface area contributed by atoms with Gasteiger partial charge in [0.25, 0.3) is 11.8 Å². The highest BCUT2D eigenvalue weighted by atomic mass is 19.1. The maximum atomic E-state index is 14.2. The number of ether oxygens (including phenoxy) is 1. The molecule has 2 amide bonds. The van der Waals surface area contributed by atoms with Crippen LogP contribution in [0.5, 0.6) is 0 Å². The lowest BCUT2D eigenvalue weighted by atomic mass is 9.85. The van der Waals surface area contributed by atoms with Crippen LogP contribution in [0, 0.1) is 17.5 Å². The van der Waals surface area contributed by atoms with Crippen LogP contribution >= 0.6 is 0 Å². The van der Waals surface area contributed by atoms with E-state index in [9.17, 15) is 27.6 Å². The third-order valence-corrected chi connectivity index (χ3v) is 9.07. The Labute approximate surface area is 265 Å². The van der Waals surface area contributed by atoms with E-state index in [1.165, 1.54) is 21.6 Å². The number of hydrogen-bond acceptors (Lipinski definition) is 8. The van der Waals surface area contributed by atoms with Crippen molar-refractivity contribution in [3.05, 3.63) is 117 Å². The zero-order valence-electron chi connectivity index (χ0n) is 25.0. The number of nitrogens with zero attached hydrogens (tertiary/aromatic N) is 6. The minimum atomic E-state index is -1.19. The molecular weight excluding hydrogens is 619 g/mol. The molecule has 0 aliphatic carbocycles. The summed E-state index contributed by atoms with van der Waals surface area (Å²) in [6, 6.07) is 10.9. The number of carbonyl (C=O) groups excluding carboxylic acids is 2. The molecule has 3 aliphatic rings. The molecule has 242 valence electrons. The van der Waals surface area contributed by atoms with Gasteiger partial charge >= 0.3 is 0 Å². The molecule has 1 spiro atoms. The van der Waals surface area contributed by atoms with Crippen molar-refractivity contribution in [3.63, 3.8) is 0 Å². The average molecular weight is 648 g/mol. The number of aromatic nitrogens is 4. The van der Waals surface area contributed by atoms with Crippen LogP contribution in [0.1, 0.15) is 64.2 Å². The fraction of sp³-hybridized carbons (Fsp3) is 0.312. The van der Waals surface area contributed by atoms with Gasteiger partial charge in [-0.3, -0.25) is 14.4 Å². The van der Waals surface area contributed by atoms with Crippen LogP contribution in [0.25, 0.3) is 0 Å². The molecular formula is C32H28F3N7O5. The van der Waals surface area contributed by atoms with Crippen LogP contribution < -0.4 is 10.7 Å². The van der Waals surface area contributed by atoms with Crippen molar-refractivity contribution in [2.75, 3.05) is 6.54 Å². The molecule has 0 radical (unpaired) electrons. The molecule has 1 saturated heterocycles. The molecule has 1 N–H and O–H groups in total. The topological polar surface area (TPSA) is 133 Å². The second-order valence-corrected chi connectivity index (χ2v) is 11.9. The summed E-state index contributed by atoms with van der Waals surface area (Å²) in [5.41, 5.74) is -2.95. The van der Waals surface area contributed by atoms with E-state index in [-0.39, 0.29) is 30.8 Å². The van der Waals surface area contributed by atoms with Gasteiger partial charge in [-0.25, -0.2) is 17.9 Å². The number of pyridine rings is 1. The van der Waals surface area contributed by atoms with Crippen LogP contribution in [0.4, 0.5) is 13.2 Å². The molecule has 4 aromatic rings. The minimum absolute atomic E-state index is 0.00652. The highest BCUT2D eigenvalue weighted by Crippen LogP contribution is 2.48. The third-order valence-electron chi connectivity index (χ3n) is 9.07. The highest BCUT2D eigenvalue weighted by molar-refractivity contribution is 5.97. The van der Waals surface area contributed by atoms with Crippen LogP contribution in [0.2, 0.25) is 0 Å². The second kappa shape index (κ2) is 11.5. The van der Waals surface area contributed by atoms with Crippen molar-refractivity contribution < 1.29 is 32.3 Å². The van der Waals surface area contributed by atoms with Gasteiger partial charge in [-0.1, -0.05) is 40.7 Å². The summed E-state index contributed by atoms with van der Waals surface area (Å²) in [7, 11) is 0. The second-order valence-electron chi connectivity index (χ2n) is 11.9. The maximum absolute atomic E-state index is 14.2. The van der Waals surface area contributed by atoms with E-state index < -0.39 is 64.2 Å². The Morgan fingerprint density at radius 1 is 1.11 bits per heavy atom. The van der Waals surface area contributed by atoms with Crippen molar-refractivity contribution in [2.45, 2.75) is 56.7 Å². The molecule has 7 rings (SSSR count). The van der Waals surface area contributed by atoms with Crippen molar-refractivity contribution in [3.8, 4) is 0 Å². The number of rotatable bonds is 6. The van der Waals surface area contributed by atoms with E-state index >= 15 is 0 Å². The first-order chi connectivity index (χ1) is 22.6. The molecule has 47 heavy (non-hydrogen) atoms. The van der Waals surface area contributed by atoms with Gasteiger partial charge in [0.1, 0.15) is 34.4 Å². The number of oxime groups is 1. The first kappa shape index (κ1) is 30.3. The number of hydrogen-bond donors (Lipinski definition) is 1. The zero-order chi connectivity index (χ0) is 32.9. The summed E-state index contributed by atoms with van der Waals surface area (Å²) >= 11 is 0. The summed E-state index contributed by atoms with van der Waals surface area (Å²) in [5.74, 6) is -4.42. The summed E-state index contributed by atoms with van der Waals surface area (Å²) in [5, 5.41) is 14.5. The predicted octanol–water partition coefficient (Wildman–Crippen LogP) is 3.53. The summed E-state index contributed by atoms with van der Waals surface area (Å²) in [6.07, 6.45) is 5.37. The van der Waals surface area contributed by atoms with Gasteiger partial charge in [0.05, 0.1) is 31.5 Å². The number of amides is 2. The van der Waals surface area contributed by atoms with Crippen molar-refractivity contribution in [2.24, 2.45) is 5.16 Å². The molecule has 15 heteroatoms. The van der Waals surface area contributed by atoms with Gasteiger partial charge in [0, 0.05) is 43.0 Å². The number of fused-ring (bicyclic) bond motifs is 5. The van der Waals surface area contributed by atoms with Crippen LogP contribution in [-0.2, 0) is 22.7 Å². The largest absolute Gasteiger partial charge is 0.385 e. The average Bonchev–Trinajstić information content (AvgIpc) is 3.72. The molecule has 3 atom stereocenters. The zero-order valence-corrected chi connectivity index (χ0v) is 25.0. The Bertz CT molecular complexity index is 1950. The molecule has 3 aliphatic heterocycles. The van der Waals surface area contributed by atoms with E-state index in [0.29, 0.717) is 30.8 Å². The summed E-state index contributed by atoms with van der Waals surface area (Å²) < 4.78 is 51.3. The summed E-state index contributed by atoms with van der Waals surface area (Å²) in [4.78, 5) is 48.4. The molecule has 0 saturated carbocycles. The quantitative estimate of drug-likeness (QED) is 0.339. The lowest BCUT2D eigenvalue weighted by Crippen LogP contribution is -2.57. The fourth-order valence-corrected chi connectivity index (χ4v) is 6.43. The molecule has 5 heterocycles. The Hall–Kier alpha value is -5.31. The molecule has 2 aromatic carbocycles. The molecule has 2 bridgehead atoms. The van der Waals surface area contributed by atoms with Gasteiger partial charge in [0.2, 0.25) is 0 Å². The number of benzene rings is 2. The molecule has 12 nitrogen and oxygen atoms in total. The Morgan fingerprint density at radius 2 is 1.87 bits per heavy atom. The maximum Gasteiger partial charge on any atom is 0.272 e. The fourth-order valence-electron chi connectivity index (χ4n) is 6.43. The number of halogens is 3. The minimum Gasteiger partial charge on any atom is -0.385 e. The van der Waals surface area contributed by atoms with Crippen molar-refractivity contribution >= 4 is 17.6 Å². The molecule has 1 fully saturated rings. The normalized spacial score (nSPS) is 23.2. The first-order valence-electron chi connectivity index (χ1n) is 14.9. The van der Waals surface area contributed by atoms with E-state index in [1.807, 2.05) is 37.3 Å². The van der Waals surface area contributed by atoms with E-state index in [2.05, 4.69) is 20.8 Å². The lowest BCUT2D eigenvalue weighted by molar-refractivity contribution is -0.138. The smallest absolute Gasteiger partial charge is 0.272 e. The standard InChI is InChI=1S/C32H28F3N7O5/c1-31(46-18-19-5-3-2-4-6-19)7-8-32(14-28(38-47-32)42-10-9-37-39-42)27-17-41(31)30(45)25-13-26(43)22(16-40(25)27)29(44)36-15-21-23(34)11-20(33)12-24(21)35/h2-6,9-13,16,27H,7-8,14-15,17-18H2,1H3,(H,36,44). The van der Waals surface area contributed by atoms with Gasteiger partial charge in [-0.05, 0) is 25.3 Å². The highest BCUT2D eigenvalue weighted by Gasteiger charge is 2.57. The van der Waals surface area contributed by atoms with Crippen molar-refractivity contribution in [1.29, 1.82) is 0 Å². The molecule has 2 aromatic heterocycles. The summed E-state index contributed by atoms with van der Waals surface area (Å²) in [6.45, 7) is 1.49. The van der Waals surface area contributed by atoms with Gasteiger partial charge in [-0.2, -0.15) is 0 Å². The number of carbonyl (C=O) groups is 2. The van der Waals surface area contributed by atoms with Crippen LogP contribution in [-0.4, -0.2) is 60.0 Å². The van der Waals surface area contributed by atoms with Crippen LogP contribution in [0.3, 0.4) is 0 Å². The Morgan fingerprint density at radius 3 is 2.60 bits per heavy atom. The first-order valence-corrected chi connectivity index (χ1v) is 14.9. The van der Waals surface area contributed by atoms with E-state index in [1.54, 1.807) is 11.1 Å².